The molecule has 1 aliphatic rings. The van der Waals surface area contributed by atoms with Crippen molar-refractivity contribution in [2.75, 3.05) is 12.1 Å². The summed E-state index contributed by atoms with van der Waals surface area (Å²) in [5, 5.41) is 14.9. The third kappa shape index (κ3) is 3.45. The molecule has 0 spiro atoms. The normalized spacial score (nSPS) is 12.2. The number of nitrogens with zero attached hydrogens (tertiary/aromatic N) is 4. The third-order valence-corrected chi connectivity index (χ3v) is 3.97. The smallest absolute Gasteiger partial charge is 0.248 e. The van der Waals surface area contributed by atoms with Gasteiger partial charge in [0.05, 0.1) is 0 Å². The van der Waals surface area contributed by atoms with Crippen molar-refractivity contribution in [1.29, 1.82) is 0 Å². The molecule has 1 aromatic heterocycles. The van der Waals surface area contributed by atoms with Crippen LogP contribution in [0.25, 0.3) is 11.4 Å². The van der Waals surface area contributed by atoms with Crippen LogP contribution in [-0.4, -0.2) is 32.9 Å². The lowest BCUT2D eigenvalue weighted by Gasteiger charge is -2.04. The first-order chi connectivity index (χ1) is 12.2. The maximum Gasteiger partial charge on any atom is 0.248 e. The molecule has 8 nitrogen and oxygen atoms in total. The molecule has 126 valence electrons. The molecule has 1 N–H and O–H groups in total. The first kappa shape index (κ1) is 15.6. The molecule has 25 heavy (non-hydrogen) atoms. The van der Waals surface area contributed by atoms with Gasteiger partial charge in [0.1, 0.15) is 6.54 Å². The van der Waals surface area contributed by atoms with Crippen molar-refractivity contribution in [3.05, 3.63) is 46.9 Å². The Morgan fingerprint density at radius 2 is 2.08 bits per heavy atom. The number of benzene rings is 2. The van der Waals surface area contributed by atoms with Crippen LogP contribution in [0.2, 0.25) is 0 Å². The zero-order valence-corrected chi connectivity index (χ0v) is 14.4. The number of fused-ring (bicyclic) bond motifs is 1. The average Bonchev–Trinajstić information content (AvgIpc) is 3.23. The zero-order valence-electron chi connectivity index (χ0n) is 12.8. The van der Waals surface area contributed by atoms with Gasteiger partial charge < -0.3 is 14.8 Å². The number of ether oxygens (including phenoxy) is 2. The summed E-state index contributed by atoms with van der Waals surface area (Å²) in [4.78, 5) is 13.3. The lowest BCUT2D eigenvalue weighted by molar-refractivity contribution is -0.117. The van der Waals surface area contributed by atoms with Crippen LogP contribution in [0.15, 0.2) is 46.9 Å². The molecule has 0 aliphatic carbocycles. The number of nitrogens with one attached hydrogen (secondary N) is 1. The minimum absolute atomic E-state index is 0.0376. The van der Waals surface area contributed by atoms with Crippen molar-refractivity contribution in [3.8, 4) is 22.9 Å². The van der Waals surface area contributed by atoms with Gasteiger partial charge in [-0.2, -0.15) is 4.80 Å². The highest BCUT2D eigenvalue weighted by Gasteiger charge is 2.16. The number of hydrogen-bond acceptors (Lipinski definition) is 6. The molecule has 4 rings (SSSR count). The van der Waals surface area contributed by atoms with Crippen molar-refractivity contribution >= 4 is 27.5 Å². The molecule has 2 aromatic carbocycles. The van der Waals surface area contributed by atoms with Gasteiger partial charge in [-0.05, 0) is 41.6 Å². The third-order valence-electron chi connectivity index (χ3n) is 3.48. The number of anilines is 1. The molecular formula is C16H12BrN5O3. The molecule has 9 heteroatoms. The van der Waals surface area contributed by atoms with Gasteiger partial charge in [-0.25, -0.2) is 0 Å². The minimum atomic E-state index is -0.243. The van der Waals surface area contributed by atoms with Gasteiger partial charge >= 0.3 is 0 Å². The number of hydrogen-bond donors (Lipinski definition) is 1. The van der Waals surface area contributed by atoms with Crippen LogP contribution < -0.4 is 14.8 Å². The van der Waals surface area contributed by atoms with Crippen LogP contribution in [0, 0.1) is 0 Å². The number of carbonyl (C=O) groups is 1. The molecule has 0 saturated carbocycles. The van der Waals surface area contributed by atoms with Gasteiger partial charge in [0.15, 0.2) is 11.5 Å². The first-order valence-electron chi connectivity index (χ1n) is 7.41. The van der Waals surface area contributed by atoms with E-state index in [9.17, 15) is 4.79 Å². The Morgan fingerprint density at radius 3 is 2.96 bits per heavy atom. The Balaban J connectivity index is 1.45. The molecule has 0 bridgehead atoms. The first-order valence-corrected chi connectivity index (χ1v) is 8.20. The minimum Gasteiger partial charge on any atom is -0.454 e. The Morgan fingerprint density at radius 1 is 1.20 bits per heavy atom. The predicted octanol–water partition coefficient (Wildman–Crippen LogP) is 2.47. The topological polar surface area (TPSA) is 91.2 Å². The Labute approximate surface area is 150 Å². The largest absolute Gasteiger partial charge is 0.454 e. The maximum absolute atomic E-state index is 12.1. The van der Waals surface area contributed by atoms with E-state index in [0.717, 1.165) is 10.0 Å². The second-order valence-corrected chi connectivity index (χ2v) is 6.19. The number of rotatable bonds is 4. The van der Waals surface area contributed by atoms with Gasteiger partial charge in [0.2, 0.25) is 18.5 Å². The molecule has 0 radical (unpaired) electrons. The molecule has 2 heterocycles. The fraction of sp³-hybridized carbons (Fsp3) is 0.125. The summed E-state index contributed by atoms with van der Waals surface area (Å²) < 4.78 is 11.5. The quantitative estimate of drug-likeness (QED) is 0.721. The van der Waals surface area contributed by atoms with E-state index in [1.165, 1.54) is 4.80 Å². The maximum atomic E-state index is 12.1. The van der Waals surface area contributed by atoms with Gasteiger partial charge in [0.25, 0.3) is 0 Å². The Kier molecular flexibility index (Phi) is 4.06. The van der Waals surface area contributed by atoms with Gasteiger partial charge in [-0.3, -0.25) is 4.79 Å². The summed E-state index contributed by atoms with van der Waals surface area (Å²) in [6.45, 7) is 0.165. The standard InChI is InChI=1S/C16H12BrN5O3/c17-11-2-1-3-12(7-11)18-15(23)8-22-20-16(19-21-22)10-4-5-13-14(6-10)25-9-24-13/h1-7H,8-9H2,(H,18,23). The van der Waals surface area contributed by atoms with Gasteiger partial charge in [0, 0.05) is 15.7 Å². The highest BCUT2D eigenvalue weighted by atomic mass is 79.9. The summed E-state index contributed by atoms with van der Waals surface area (Å²) in [6, 6.07) is 12.7. The highest BCUT2D eigenvalue weighted by Crippen LogP contribution is 2.34. The SMILES string of the molecule is O=C(Cn1nnc(-c2ccc3c(c2)OCO3)n1)Nc1cccc(Br)c1. The molecular weight excluding hydrogens is 390 g/mol. The van der Waals surface area contributed by atoms with Crippen LogP contribution >= 0.6 is 15.9 Å². The summed E-state index contributed by atoms with van der Waals surface area (Å²) in [5.41, 5.74) is 1.43. The lowest BCUT2D eigenvalue weighted by atomic mass is 10.2. The molecule has 0 saturated heterocycles. The number of halogens is 1. The van der Waals surface area contributed by atoms with Crippen LogP contribution in [0.5, 0.6) is 11.5 Å². The van der Waals surface area contributed by atoms with Crippen molar-refractivity contribution in [3.63, 3.8) is 0 Å². The number of tetrazole rings is 1. The van der Waals surface area contributed by atoms with E-state index in [-0.39, 0.29) is 19.2 Å². The Bertz CT molecular complexity index is 943. The fourth-order valence-corrected chi connectivity index (χ4v) is 2.76. The summed E-state index contributed by atoms with van der Waals surface area (Å²) in [7, 11) is 0. The van der Waals surface area contributed by atoms with E-state index in [1.807, 2.05) is 24.3 Å². The van der Waals surface area contributed by atoms with Crippen molar-refractivity contribution in [2.45, 2.75) is 6.54 Å². The van der Waals surface area contributed by atoms with Crippen LogP contribution in [0.3, 0.4) is 0 Å². The Hall–Kier alpha value is -2.94. The molecule has 0 atom stereocenters. The van der Waals surface area contributed by atoms with Crippen molar-refractivity contribution < 1.29 is 14.3 Å². The van der Waals surface area contributed by atoms with Crippen LogP contribution in [0.4, 0.5) is 5.69 Å². The molecule has 1 amide bonds. The van der Waals surface area contributed by atoms with E-state index >= 15 is 0 Å². The monoisotopic (exact) mass is 401 g/mol. The summed E-state index contributed by atoms with van der Waals surface area (Å²) in [6.07, 6.45) is 0. The van der Waals surface area contributed by atoms with E-state index in [4.69, 9.17) is 9.47 Å². The predicted molar refractivity (Wildman–Crippen MR) is 92.1 cm³/mol. The number of aromatic nitrogens is 4. The van der Waals surface area contributed by atoms with Crippen LogP contribution in [0.1, 0.15) is 0 Å². The molecule has 1 aliphatic heterocycles. The van der Waals surface area contributed by atoms with Crippen molar-refractivity contribution in [2.24, 2.45) is 0 Å². The average molecular weight is 402 g/mol. The number of carbonyl (C=O) groups excluding carboxylic acids is 1. The van der Waals surface area contributed by atoms with Crippen LogP contribution in [-0.2, 0) is 11.3 Å². The zero-order chi connectivity index (χ0) is 17.2. The highest BCUT2D eigenvalue weighted by molar-refractivity contribution is 9.10. The second kappa shape index (κ2) is 6.52. The van der Waals surface area contributed by atoms with Gasteiger partial charge in [-0.15, -0.1) is 10.2 Å². The van der Waals surface area contributed by atoms with E-state index in [2.05, 4.69) is 36.7 Å². The van der Waals surface area contributed by atoms with E-state index < -0.39 is 0 Å². The fourth-order valence-electron chi connectivity index (χ4n) is 2.36. The van der Waals surface area contributed by atoms with E-state index in [0.29, 0.717) is 23.0 Å². The van der Waals surface area contributed by atoms with Crippen molar-refractivity contribution in [1.82, 2.24) is 20.2 Å². The molecule has 0 fully saturated rings. The molecule has 0 unspecified atom stereocenters. The molecule has 3 aromatic rings. The van der Waals surface area contributed by atoms with Gasteiger partial charge in [-0.1, -0.05) is 22.0 Å². The number of amides is 1. The summed E-state index contributed by atoms with van der Waals surface area (Å²) in [5.74, 6) is 1.49. The second-order valence-electron chi connectivity index (χ2n) is 5.27. The van der Waals surface area contributed by atoms with E-state index in [1.54, 1.807) is 18.2 Å². The summed E-state index contributed by atoms with van der Waals surface area (Å²) >= 11 is 3.36. The lowest BCUT2D eigenvalue weighted by Crippen LogP contribution is -2.20.